The Hall–Kier alpha value is -3.69. The average Bonchev–Trinajstić information content (AvgIpc) is 3.36. The van der Waals surface area contributed by atoms with Crippen molar-refractivity contribution in [1.82, 2.24) is 10.3 Å². The zero-order valence-corrected chi connectivity index (χ0v) is 19.3. The summed E-state index contributed by atoms with van der Waals surface area (Å²) in [5, 5.41) is 4.77. The van der Waals surface area contributed by atoms with Crippen LogP contribution in [0.3, 0.4) is 0 Å². The highest BCUT2D eigenvalue weighted by molar-refractivity contribution is 6.31. The van der Waals surface area contributed by atoms with E-state index in [9.17, 15) is 19.2 Å². The van der Waals surface area contributed by atoms with Crippen molar-refractivity contribution in [3.05, 3.63) is 64.3 Å². The summed E-state index contributed by atoms with van der Waals surface area (Å²) in [5.74, 6) is -2.33. The molecule has 34 heavy (non-hydrogen) atoms. The van der Waals surface area contributed by atoms with Crippen LogP contribution in [0.1, 0.15) is 32.7 Å². The molecule has 2 aromatic carbocycles. The van der Waals surface area contributed by atoms with Crippen molar-refractivity contribution in [2.45, 2.75) is 18.9 Å². The van der Waals surface area contributed by atoms with E-state index in [4.69, 9.17) is 21.1 Å². The minimum absolute atomic E-state index is 0.0235. The number of hydrogen-bond donors (Lipinski definition) is 2. The van der Waals surface area contributed by atoms with Crippen LogP contribution >= 0.6 is 11.6 Å². The molecule has 0 aliphatic carbocycles. The second kappa shape index (κ2) is 9.66. The molecular weight excluding hydrogens is 462 g/mol. The molecule has 176 valence electrons. The van der Waals surface area contributed by atoms with E-state index in [1.54, 1.807) is 6.07 Å². The number of carbonyl (C=O) groups excluding carboxylic acids is 4. The maximum absolute atomic E-state index is 13.1. The number of anilines is 1. The maximum atomic E-state index is 13.1. The van der Waals surface area contributed by atoms with Crippen LogP contribution in [0.15, 0.2) is 42.6 Å². The highest BCUT2D eigenvalue weighted by Gasteiger charge is 2.39. The summed E-state index contributed by atoms with van der Waals surface area (Å²) in [6.07, 6.45) is 2.46. The second-order valence-corrected chi connectivity index (χ2v) is 8.22. The van der Waals surface area contributed by atoms with Gasteiger partial charge in [0.25, 0.3) is 5.91 Å². The number of esters is 2. The first-order chi connectivity index (χ1) is 16.3. The minimum atomic E-state index is -0.732. The number of carbonyl (C=O) groups is 4. The average molecular weight is 484 g/mol. The predicted molar refractivity (Wildman–Crippen MR) is 125 cm³/mol. The lowest BCUT2D eigenvalue weighted by Gasteiger charge is -2.17. The minimum Gasteiger partial charge on any atom is -0.465 e. The molecule has 1 aromatic heterocycles. The van der Waals surface area contributed by atoms with Gasteiger partial charge in [-0.3, -0.25) is 9.59 Å². The third kappa shape index (κ3) is 4.52. The maximum Gasteiger partial charge on any atom is 0.337 e. The number of fused-ring (bicyclic) bond motifs is 1. The Bertz CT molecular complexity index is 1270. The van der Waals surface area contributed by atoms with E-state index in [1.807, 2.05) is 18.3 Å². The third-order valence-corrected chi connectivity index (χ3v) is 5.91. The fourth-order valence-corrected chi connectivity index (χ4v) is 4.18. The van der Waals surface area contributed by atoms with Gasteiger partial charge < -0.3 is 19.8 Å². The zero-order chi connectivity index (χ0) is 24.4. The normalized spacial score (nSPS) is 15.7. The number of imide groups is 1. The fourth-order valence-electron chi connectivity index (χ4n) is 4.01. The summed E-state index contributed by atoms with van der Waals surface area (Å²) < 4.78 is 9.44. The molecule has 3 aromatic rings. The van der Waals surface area contributed by atoms with E-state index in [0.717, 1.165) is 21.4 Å². The number of halogens is 1. The number of nitrogens with one attached hydrogen (secondary N) is 2. The lowest BCUT2D eigenvalue weighted by atomic mass is 10.1. The van der Waals surface area contributed by atoms with Crippen molar-refractivity contribution in [3.63, 3.8) is 0 Å². The van der Waals surface area contributed by atoms with Gasteiger partial charge in [0.2, 0.25) is 5.91 Å². The lowest BCUT2D eigenvalue weighted by molar-refractivity contribution is -0.121. The Morgan fingerprint density at radius 3 is 2.41 bits per heavy atom. The summed E-state index contributed by atoms with van der Waals surface area (Å²) in [4.78, 5) is 54.0. The molecule has 1 aliphatic heterocycles. The van der Waals surface area contributed by atoms with Crippen molar-refractivity contribution in [2.75, 3.05) is 25.7 Å². The highest BCUT2D eigenvalue weighted by atomic mass is 35.5. The molecule has 1 saturated heterocycles. The molecule has 10 heteroatoms. The molecule has 9 nitrogen and oxygen atoms in total. The molecule has 0 saturated carbocycles. The van der Waals surface area contributed by atoms with E-state index < -0.39 is 29.8 Å². The number of amides is 2. The van der Waals surface area contributed by atoms with Gasteiger partial charge in [-0.05, 0) is 48.4 Å². The van der Waals surface area contributed by atoms with Gasteiger partial charge in [-0.1, -0.05) is 11.6 Å². The van der Waals surface area contributed by atoms with Crippen LogP contribution in [-0.4, -0.2) is 55.5 Å². The van der Waals surface area contributed by atoms with Crippen molar-refractivity contribution in [1.29, 1.82) is 0 Å². The number of H-pyrrole nitrogens is 1. The Kier molecular flexibility index (Phi) is 6.67. The standard InChI is InChI=1S/C24H22ClN3O6/c1-33-23(31)14-7-15(24(32)34-2)9-17(8-14)28-21(29)11-20(22(28)30)26-6-5-13-12-27-19-4-3-16(25)10-18(13)19/h3-4,7-10,12,20,26-27H,5-6,11H2,1-2H3. The highest BCUT2D eigenvalue weighted by Crippen LogP contribution is 2.27. The zero-order valence-electron chi connectivity index (χ0n) is 18.5. The Morgan fingerprint density at radius 1 is 1.09 bits per heavy atom. The summed E-state index contributed by atoms with van der Waals surface area (Å²) in [7, 11) is 2.39. The lowest BCUT2D eigenvalue weighted by Crippen LogP contribution is -2.39. The van der Waals surface area contributed by atoms with Crippen molar-refractivity contribution < 1.29 is 28.7 Å². The van der Waals surface area contributed by atoms with E-state index >= 15 is 0 Å². The van der Waals surface area contributed by atoms with Crippen molar-refractivity contribution >= 4 is 51.9 Å². The molecule has 0 bridgehead atoms. The van der Waals surface area contributed by atoms with Crippen LogP contribution in [-0.2, 0) is 25.5 Å². The van der Waals surface area contributed by atoms with Gasteiger partial charge in [0.1, 0.15) is 0 Å². The molecule has 2 amide bonds. The van der Waals surface area contributed by atoms with E-state index in [-0.39, 0.29) is 23.2 Å². The van der Waals surface area contributed by atoms with Gasteiger partial charge >= 0.3 is 11.9 Å². The Balaban J connectivity index is 1.50. The number of rotatable bonds is 7. The van der Waals surface area contributed by atoms with E-state index in [0.29, 0.717) is 18.0 Å². The first-order valence-electron chi connectivity index (χ1n) is 10.5. The van der Waals surface area contributed by atoms with Crippen molar-refractivity contribution in [3.8, 4) is 0 Å². The summed E-state index contributed by atoms with van der Waals surface area (Å²) in [6.45, 7) is 0.451. The van der Waals surface area contributed by atoms with Crippen LogP contribution in [0.5, 0.6) is 0 Å². The molecule has 1 fully saturated rings. The molecule has 1 atom stereocenters. The summed E-state index contributed by atoms with van der Waals surface area (Å²) in [6, 6.07) is 8.82. The van der Waals surface area contributed by atoms with Gasteiger partial charge in [-0.25, -0.2) is 14.5 Å². The second-order valence-electron chi connectivity index (χ2n) is 7.78. The Morgan fingerprint density at radius 2 is 1.76 bits per heavy atom. The van der Waals surface area contributed by atoms with Crippen LogP contribution in [0.25, 0.3) is 10.9 Å². The van der Waals surface area contributed by atoms with Gasteiger partial charge in [0.05, 0.1) is 43.5 Å². The quantitative estimate of drug-likeness (QED) is 0.392. The van der Waals surface area contributed by atoms with Crippen LogP contribution < -0.4 is 10.2 Å². The number of aromatic amines is 1. The topological polar surface area (TPSA) is 118 Å². The number of nitrogens with zero attached hydrogens (tertiary/aromatic N) is 1. The number of ether oxygens (including phenoxy) is 2. The molecule has 4 rings (SSSR count). The fraction of sp³-hybridized carbons (Fsp3) is 0.250. The SMILES string of the molecule is COC(=O)c1cc(C(=O)OC)cc(N2C(=O)CC(NCCc3c[nH]c4ccc(Cl)cc34)C2=O)c1. The first kappa shape index (κ1) is 23.5. The number of hydrogen-bond acceptors (Lipinski definition) is 7. The number of methoxy groups -OCH3 is 2. The van der Waals surface area contributed by atoms with Crippen LogP contribution in [0.4, 0.5) is 5.69 Å². The third-order valence-electron chi connectivity index (χ3n) is 5.68. The van der Waals surface area contributed by atoms with Crippen molar-refractivity contribution in [2.24, 2.45) is 0 Å². The van der Waals surface area contributed by atoms with Crippen LogP contribution in [0.2, 0.25) is 5.02 Å². The molecular formula is C24H22ClN3O6. The molecule has 1 unspecified atom stereocenters. The largest absolute Gasteiger partial charge is 0.465 e. The predicted octanol–water partition coefficient (Wildman–Crippen LogP) is 2.86. The Labute approximate surface area is 200 Å². The number of benzene rings is 2. The molecule has 1 aliphatic rings. The van der Waals surface area contributed by atoms with Gasteiger partial charge in [-0.15, -0.1) is 0 Å². The smallest absolute Gasteiger partial charge is 0.337 e. The van der Waals surface area contributed by atoms with Gasteiger partial charge in [0.15, 0.2) is 0 Å². The summed E-state index contributed by atoms with van der Waals surface area (Å²) in [5.41, 5.74) is 2.15. The number of aromatic nitrogens is 1. The van der Waals surface area contributed by atoms with E-state index in [2.05, 4.69) is 10.3 Å². The molecule has 0 spiro atoms. The monoisotopic (exact) mass is 483 g/mol. The summed E-state index contributed by atoms with van der Waals surface area (Å²) >= 11 is 6.10. The molecule has 2 N–H and O–H groups in total. The molecule has 0 radical (unpaired) electrons. The molecule has 2 heterocycles. The van der Waals surface area contributed by atoms with Gasteiger partial charge in [-0.2, -0.15) is 0 Å². The van der Waals surface area contributed by atoms with E-state index in [1.165, 1.54) is 32.4 Å². The van der Waals surface area contributed by atoms with Crippen LogP contribution in [0, 0.1) is 0 Å². The first-order valence-corrected chi connectivity index (χ1v) is 10.9. The van der Waals surface area contributed by atoms with Gasteiger partial charge in [0, 0.05) is 28.7 Å².